The summed E-state index contributed by atoms with van der Waals surface area (Å²) in [5.41, 5.74) is 6.72. The molecular formula is C33H42N2O2. The highest BCUT2D eigenvalue weighted by molar-refractivity contribution is 5.54. The molecule has 0 aromatic heterocycles. The molecule has 0 amide bonds. The van der Waals surface area contributed by atoms with E-state index in [2.05, 4.69) is 64.8 Å². The number of hydrogen-bond acceptors (Lipinski definition) is 4. The average Bonchev–Trinajstić information content (AvgIpc) is 3.21. The third-order valence-electron chi connectivity index (χ3n) is 8.07. The number of nitrogens with one attached hydrogen (secondary N) is 1. The Labute approximate surface area is 222 Å². The van der Waals surface area contributed by atoms with Crippen LogP contribution in [0.2, 0.25) is 0 Å². The monoisotopic (exact) mass is 498 g/mol. The minimum absolute atomic E-state index is 0.379. The fraction of sp³-hybridized carbons (Fsp3) is 0.455. The lowest BCUT2D eigenvalue weighted by Crippen LogP contribution is -2.29. The van der Waals surface area contributed by atoms with Crippen molar-refractivity contribution in [2.24, 2.45) is 0 Å². The topological polar surface area (TPSA) is 44.7 Å². The maximum Gasteiger partial charge on any atom is 0.119 e. The number of hydrogen-bond donors (Lipinski definition) is 2. The van der Waals surface area contributed by atoms with Gasteiger partial charge in [0.25, 0.3) is 0 Å². The molecule has 0 bridgehead atoms. The van der Waals surface area contributed by atoms with Gasteiger partial charge in [-0.25, -0.2) is 0 Å². The number of fused-ring (bicyclic) bond motifs is 1. The Hall–Kier alpha value is -2.98. The van der Waals surface area contributed by atoms with Crippen LogP contribution in [0.15, 0.2) is 66.7 Å². The number of aryl methyl sites for hydroxylation is 2. The third kappa shape index (κ3) is 7.29. The van der Waals surface area contributed by atoms with Crippen LogP contribution < -0.4 is 10.1 Å². The van der Waals surface area contributed by atoms with Gasteiger partial charge in [-0.15, -0.1) is 0 Å². The van der Waals surface area contributed by atoms with Crippen molar-refractivity contribution in [1.29, 1.82) is 0 Å². The number of phenolic OH excluding ortho intramolecular Hbond substituents is 1. The molecule has 1 saturated heterocycles. The number of rotatable bonds is 10. The summed E-state index contributed by atoms with van der Waals surface area (Å²) in [6.07, 6.45) is 10.8. The lowest BCUT2D eigenvalue weighted by Gasteiger charge is -2.27. The standard InChI is InChI=1S/C33H42N2O2/c36-30-16-15-27-24-29(14-13-28(27)25-30)32-9-3-4-10-33(32)34-19-7-8-26-11-17-31(18-12-26)37-23-22-35-20-5-1-2-6-21-35/h3-4,9-12,15-18,25,29,34,36H,1-2,5-8,13-14,19-24H2/t29-/m1/s1. The second kappa shape index (κ2) is 13.0. The van der Waals surface area contributed by atoms with Gasteiger partial charge >= 0.3 is 0 Å². The summed E-state index contributed by atoms with van der Waals surface area (Å²) in [6.45, 7) is 5.22. The zero-order chi connectivity index (χ0) is 25.3. The Balaban J connectivity index is 1.06. The Morgan fingerprint density at radius 2 is 1.70 bits per heavy atom. The van der Waals surface area contributed by atoms with Gasteiger partial charge in [0.2, 0.25) is 0 Å². The fourth-order valence-electron chi connectivity index (χ4n) is 5.94. The number of phenols is 1. The van der Waals surface area contributed by atoms with Crippen molar-refractivity contribution in [3.8, 4) is 11.5 Å². The number of likely N-dealkylation sites (tertiary alicyclic amines) is 1. The van der Waals surface area contributed by atoms with Crippen LogP contribution in [-0.4, -0.2) is 42.8 Å². The Bertz CT molecular complexity index is 1120. The summed E-state index contributed by atoms with van der Waals surface area (Å²) in [5, 5.41) is 13.5. The fourth-order valence-corrected chi connectivity index (χ4v) is 5.94. The largest absolute Gasteiger partial charge is 0.508 e. The van der Waals surface area contributed by atoms with Gasteiger partial charge in [-0.3, -0.25) is 4.90 Å². The number of para-hydroxylation sites is 1. The van der Waals surface area contributed by atoms with Crippen LogP contribution >= 0.6 is 0 Å². The Kier molecular flexibility index (Phi) is 9.02. The summed E-state index contributed by atoms with van der Waals surface area (Å²) in [5.74, 6) is 1.88. The highest BCUT2D eigenvalue weighted by atomic mass is 16.5. The van der Waals surface area contributed by atoms with Crippen LogP contribution in [0.5, 0.6) is 11.5 Å². The van der Waals surface area contributed by atoms with E-state index in [4.69, 9.17) is 4.74 Å². The van der Waals surface area contributed by atoms with E-state index in [0.717, 1.165) is 57.6 Å². The molecule has 0 radical (unpaired) electrons. The first kappa shape index (κ1) is 25.7. The van der Waals surface area contributed by atoms with Crippen LogP contribution in [-0.2, 0) is 19.3 Å². The summed E-state index contributed by atoms with van der Waals surface area (Å²) in [6, 6.07) is 23.3. The first-order valence-electron chi connectivity index (χ1n) is 14.3. The molecule has 5 rings (SSSR count). The van der Waals surface area contributed by atoms with E-state index in [0.29, 0.717) is 11.7 Å². The molecule has 1 heterocycles. The molecule has 1 atom stereocenters. The van der Waals surface area contributed by atoms with Crippen LogP contribution in [0, 0.1) is 0 Å². The summed E-state index contributed by atoms with van der Waals surface area (Å²) in [4.78, 5) is 2.55. The molecule has 4 heteroatoms. The van der Waals surface area contributed by atoms with Gasteiger partial charge in [0, 0.05) is 18.8 Å². The molecule has 2 N–H and O–H groups in total. The molecule has 37 heavy (non-hydrogen) atoms. The molecule has 3 aromatic carbocycles. The smallest absolute Gasteiger partial charge is 0.119 e. The van der Waals surface area contributed by atoms with E-state index in [1.54, 1.807) is 0 Å². The van der Waals surface area contributed by atoms with E-state index < -0.39 is 0 Å². The minimum atomic E-state index is 0.379. The third-order valence-corrected chi connectivity index (χ3v) is 8.07. The molecule has 1 aliphatic heterocycles. The van der Waals surface area contributed by atoms with Crippen molar-refractivity contribution < 1.29 is 9.84 Å². The molecule has 3 aromatic rings. The summed E-state index contributed by atoms with van der Waals surface area (Å²) < 4.78 is 6.02. The van der Waals surface area contributed by atoms with E-state index >= 15 is 0 Å². The molecule has 0 spiro atoms. The number of benzene rings is 3. The van der Waals surface area contributed by atoms with Crippen molar-refractivity contribution in [2.45, 2.75) is 63.7 Å². The SMILES string of the molecule is Oc1ccc2c(c1)CC[C@@H](c1ccccc1NCCCc1ccc(OCCN3CCCCCC3)cc1)C2. The van der Waals surface area contributed by atoms with Crippen LogP contribution in [0.3, 0.4) is 0 Å². The number of anilines is 1. The van der Waals surface area contributed by atoms with Crippen molar-refractivity contribution in [2.75, 3.05) is 38.1 Å². The highest BCUT2D eigenvalue weighted by Crippen LogP contribution is 2.37. The van der Waals surface area contributed by atoms with E-state index in [1.807, 2.05) is 12.1 Å². The second-order valence-corrected chi connectivity index (χ2v) is 10.8. The molecule has 0 unspecified atom stereocenters. The van der Waals surface area contributed by atoms with Gasteiger partial charge < -0.3 is 15.2 Å². The number of nitrogens with zero attached hydrogens (tertiary/aromatic N) is 1. The molecule has 2 aliphatic rings. The van der Waals surface area contributed by atoms with E-state index in [-0.39, 0.29) is 0 Å². The average molecular weight is 499 g/mol. The lowest BCUT2D eigenvalue weighted by molar-refractivity contribution is 0.214. The van der Waals surface area contributed by atoms with Crippen molar-refractivity contribution in [1.82, 2.24) is 4.90 Å². The van der Waals surface area contributed by atoms with Crippen molar-refractivity contribution in [3.63, 3.8) is 0 Å². The van der Waals surface area contributed by atoms with Gasteiger partial charge in [-0.2, -0.15) is 0 Å². The van der Waals surface area contributed by atoms with Gasteiger partial charge in [0.1, 0.15) is 18.1 Å². The molecule has 196 valence electrons. The van der Waals surface area contributed by atoms with Crippen LogP contribution in [0.25, 0.3) is 0 Å². The molecule has 0 saturated carbocycles. The van der Waals surface area contributed by atoms with Crippen LogP contribution in [0.4, 0.5) is 5.69 Å². The summed E-state index contributed by atoms with van der Waals surface area (Å²) >= 11 is 0. The Morgan fingerprint density at radius 3 is 2.54 bits per heavy atom. The molecule has 4 nitrogen and oxygen atoms in total. The maximum atomic E-state index is 9.80. The normalized spacial score (nSPS) is 18.1. The first-order chi connectivity index (χ1) is 18.2. The summed E-state index contributed by atoms with van der Waals surface area (Å²) in [7, 11) is 0. The van der Waals surface area contributed by atoms with Crippen molar-refractivity contribution >= 4 is 5.69 Å². The van der Waals surface area contributed by atoms with Crippen molar-refractivity contribution in [3.05, 3.63) is 89.0 Å². The number of aromatic hydroxyl groups is 1. The van der Waals surface area contributed by atoms with Gasteiger partial charge in [0.05, 0.1) is 0 Å². The zero-order valence-electron chi connectivity index (χ0n) is 22.1. The predicted molar refractivity (Wildman–Crippen MR) is 153 cm³/mol. The lowest BCUT2D eigenvalue weighted by atomic mass is 9.79. The zero-order valence-corrected chi connectivity index (χ0v) is 22.1. The van der Waals surface area contributed by atoms with E-state index in [1.165, 1.54) is 66.7 Å². The minimum Gasteiger partial charge on any atom is -0.508 e. The van der Waals surface area contributed by atoms with Crippen LogP contribution in [0.1, 0.15) is 66.7 Å². The maximum absolute atomic E-state index is 9.80. The number of ether oxygens (including phenoxy) is 1. The molecule has 1 fully saturated rings. The van der Waals surface area contributed by atoms with Gasteiger partial charge in [-0.1, -0.05) is 49.2 Å². The highest BCUT2D eigenvalue weighted by Gasteiger charge is 2.22. The first-order valence-corrected chi connectivity index (χ1v) is 14.3. The van der Waals surface area contributed by atoms with E-state index in [9.17, 15) is 5.11 Å². The molecule has 1 aliphatic carbocycles. The second-order valence-electron chi connectivity index (χ2n) is 10.8. The predicted octanol–water partition coefficient (Wildman–Crippen LogP) is 6.96. The molecular weight excluding hydrogens is 456 g/mol. The quantitative estimate of drug-likeness (QED) is 0.297. The Morgan fingerprint density at radius 1 is 0.892 bits per heavy atom. The van der Waals surface area contributed by atoms with Gasteiger partial charge in [-0.05, 0) is 117 Å². The van der Waals surface area contributed by atoms with Gasteiger partial charge in [0.15, 0.2) is 0 Å².